The molecule has 1 aromatic heterocycles. The number of halogens is 4. The van der Waals surface area contributed by atoms with E-state index in [9.17, 15) is 31.2 Å². The smallest absolute Gasteiger partial charge is 0.475 e. The number of nitrogens with zero attached hydrogens (tertiary/aromatic N) is 2. The lowest BCUT2D eigenvalue weighted by molar-refractivity contribution is -0.192. The molecular weight excluding hydrogens is 710 g/mol. The second-order valence-corrected chi connectivity index (χ2v) is 14.7. The maximum absolute atomic E-state index is 15.4. The van der Waals surface area contributed by atoms with Gasteiger partial charge < -0.3 is 25.8 Å². The van der Waals surface area contributed by atoms with Crippen molar-refractivity contribution in [3.8, 4) is 0 Å². The van der Waals surface area contributed by atoms with Gasteiger partial charge in [-0.25, -0.2) is 27.4 Å². The molecular formula is C35H37F4N5O7S. The molecule has 12 nitrogen and oxygen atoms in total. The van der Waals surface area contributed by atoms with Gasteiger partial charge in [0.25, 0.3) is 0 Å². The Hall–Kier alpha value is -5.45. The van der Waals surface area contributed by atoms with Crippen molar-refractivity contribution in [3.05, 3.63) is 89.4 Å². The summed E-state index contributed by atoms with van der Waals surface area (Å²) in [5.74, 6) is -3.36. The number of benzene rings is 3. The molecule has 5 rings (SSSR count). The largest absolute Gasteiger partial charge is 0.490 e. The number of carbonyl (C=O) groups excluding carboxylic acids is 2. The average molecular weight is 748 g/mol. The van der Waals surface area contributed by atoms with Crippen molar-refractivity contribution in [3.63, 3.8) is 0 Å². The number of methoxy groups -OCH3 is 1. The summed E-state index contributed by atoms with van der Waals surface area (Å²) in [6.07, 6.45) is -3.14. The number of hydrogen-bond acceptors (Lipinski definition) is 9. The number of rotatable bonds is 8. The Labute approximate surface area is 296 Å². The first-order valence-corrected chi connectivity index (χ1v) is 17.4. The number of pyridine rings is 1. The highest BCUT2D eigenvalue weighted by Gasteiger charge is 2.39. The number of anilines is 3. The molecule has 0 spiro atoms. The first-order chi connectivity index (χ1) is 24.3. The molecule has 17 heteroatoms. The van der Waals surface area contributed by atoms with Gasteiger partial charge in [-0.15, -0.1) is 0 Å². The maximum Gasteiger partial charge on any atom is 0.490 e. The minimum Gasteiger partial charge on any atom is -0.475 e. The number of carboxylic acids is 1. The van der Waals surface area contributed by atoms with Crippen LogP contribution >= 0.6 is 0 Å². The molecule has 0 radical (unpaired) electrons. The summed E-state index contributed by atoms with van der Waals surface area (Å²) in [5.41, 5.74) is 8.23. The zero-order valence-electron chi connectivity index (χ0n) is 28.5. The minimum absolute atomic E-state index is 0.0737. The third-order valence-electron chi connectivity index (χ3n) is 8.32. The van der Waals surface area contributed by atoms with E-state index >= 15 is 4.39 Å². The van der Waals surface area contributed by atoms with Gasteiger partial charge in [0.15, 0.2) is 9.84 Å². The van der Waals surface area contributed by atoms with E-state index in [2.05, 4.69) is 15.6 Å². The van der Waals surface area contributed by atoms with Crippen LogP contribution in [0, 0.1) is 12.7 Å². The monoisotopic (exact) mass is 747 g/mol. The van der Waals surface area contributed by atoms with Crippen LogP contribution in [0.1, 0.15) is 55.5 Å². The first-order valence-electron chi connectivity index (χ1n) is 15.8. The number of alkyl halides is 3. The Morgan fingerprint density at radius 3 is 2.35 bits per heavy atom. The molecule has 4 aromatic rings. The fourth-order valence-electron chi connectivity index (χ4n) is 5.70. The summed E-state index contributed by atoms with van der Waals surface area (Å²) in [5, 5.41) is 13.8. The molecule has 1 fully saturated rings. The number of aliphatic carboxylic acids is 1. The number of sulfone groups is 1. The maximum atomic E-state index is 15.4. The van der Waals surface area contributed by atoms with E-state index in [0.717, 1.165) is 16.3 Å². The fraction of sp³-hybridized carbons (Fsp3) is 0.314. The summed E-state index contributed by atoms with van der Waals surface area (Å²) in [4.78, 5) is 41.2. The van der Waals surface area contributed by atoms with Gasteiger partial charge in [0, 0.05) is 35.1 Å². The number of carboxylic acid groups (broad SMARTS) is 1. The molecule has 2 heterocycles. The van der Waals surface area contributed by atoms with Crippen LogP contribution in [0.5, 0.6) is 0 Å². The third-order valence-corrected chi connectivity index (χ3v) is 10.5. The van der Waals surface area contributed by atoms with E-state index in [1.165, 1.54) is 25.3 Å². The lowest BCUT2D eigenvalue weighted by Crippen LogP contribution is -2.38. The van der Waals surface area contributed by atoms with Crippen LogP contribution in [0.4, 0.5) is 39.5 Å². The van der Waals surface area contributed by atoms with E-state index in [0.29, 0.717) is 42.1 Å². The summed E-state index contributed by atoms with van der Waals surface area (Å²) < 4.78 is 78.9. The van der Waals surface area contributed by atoms with Crippen molar-refractivity contribution in [2.24, 2.45) is 0 Å². The summed E-state index contributed by atoms with van der Waals surface area (Å²) >= 11 is 0. The number of aryl methyl sites for hydroxylation is 1. The van der Waals surface area contributed by atoms with E-state index in [1.807, 2.05) is 13.0 Å². The van der Waals surface area contributed by atoms with Crippen molar-refractivity contribution in [2.75, 3.05) is 30.0 Å². The molecule has 2 atom stereocenters. The number of amides is 2. The first kappa shape index (κ1) is 39.3. The summed E-state index contributed by atoms with van der Waals surface area (Å²) in [6, 6.07) is 14.5. The Morgan fingerprint density at radius 2 is 1.71 bits per heavy atom. The van der Waals surface area contributed by atoms with Crippen molar-refractivity contribution < 1.29 is 50.2 Å². The van der Waals surface area contributed by atoms with Crippen LogP contribution in [0.2, 0.25) is 0 Å². The Morgan fingerprint density at radius 1 is 1.04 bits per heavy atom. The standard InChI is InChI=1S/C33H36FN5O5S.C2HF3O2/c1-19(2)45(42,43)29-12-9-23(38-33(41)44-4)18-26(29)28-6-5-15-39(28)32(40)30(25-16-20(3)7-11-27(25)34)37-22-8-10-24-21(17-22)13-14-36-31(24)35;3-2(4,5)1(6)7/h7-14,16-19,28,30,37H,5-6,15H2,1-4H3,(H2,35,36)(H,38,41);(H,6,7)/t28-,30-;/m1./s1. The number of carbonyl (C=O) groups is 3. The minimum atomic E-state index is -5.08. The lowest BCUT2D eigenvalue weighted by Gasteiger charge is -2.32. The van der Waals surface area contributed by atoms with E-state index in [-0.39, 0.29) is 10.5 Å². The average Bonchev–Trinajstić information content (AvgIpc) is 3.58. The molecule has 0 bridgehead atoms. The number of nitrogens with one attached hydrogen (secondary N) is 2. The predicted molar refractivity (Wildman–Crippen MR) is 186 cm³/mol. The van der Waals surface area contributed by atoms with Gasteiger partial charge in [-0.1, -0.05) is 17.7 Å². The molecule has 3 aromatic carbocycles. The second kappa shape index (κ2) is 15.8. The Kier molecular flexibility index (Phi) is 12.0. The van der Waals surface area contributed by atoms with Crippen molar-refractivity contribution in [2.45, 2.75) is 62.0 Å². The second-order valence-electron chi connectivity index (χ2n) is 12.2. The van der Waals surface area contributed by atoms with Gasteiger partial charge in [-0.3, -0.25) is 10.1 Å². The number of nitrogen functional groups attached to an aromatic ring is 1. The molecule has 1 aliphatic rings. The molecule has 2 amide bonds. The number of likely N-dealkylation sites (tertiary alicyclic amines) is 1. The number of ether oxygens (including phenoxy) is 1. The van der Waals surface area contributed by atoms with Gasteiger partial charge in [0.1, 0.15) is 17.7 Å². The van der Waals surface area contributed by atoms with Gasteiger partial charge in [-0.2, -0.15) is 13.2 Å². The van der Waals surface area contributed by atoms with Crippen LogP contribution in [0.25, 0.3) is 10.8 Å². The van der Waals surface area contributed by atoms with Crippen LogP contribution in [0.15, 0.2) is 71.8 Å². The molecule has 0 aliphatic carbocycles. The van der Waals surface area contributed by atoms with Crippen LogP contribution in [0.3, 0.4) is 0 Å². The topological polar surface area (TPSA) is 181 Å². The van der Waals surface area contributed by atoms with Crippen LogP contribution in [-0.2, 0) is 24.2 Å². The number of aromatic nitrogens is 1. The zero-order chi connectivity index (χ0) is 38.5. The SMILES string of the molecule is COC(=O)Nc1ccc(S(=O)(=O)C(C)C)c([C@H]2CCCN2C(=O)[C@H](Nc2ccc3c(N)nccc3c2)c2cc(C)ccc2F)c1.O=C(O)C(F)(F)F. The van der Waals surface area contributed by atoms with E-state index < -0.39 is 57.1 Å². The molecule has 1 aliphatic heterocycles. The molecule has 0 saturated carbocycles. The summed E-state index contributed by atoms with van der Waals surface area (Å²) in [7, 11) is -2.55. The molecule has 1 saturated heterocycles. The lowest BCUT2D eigenvalue weighted by atomic mass is 9.99. The Balaban J connectivity index is 0.000000785. The number of hydrogen-bond donors (Lipinski definition) is 4. The van der Waals surface area contributed by atoms with Gasteiger partial charge in [0.05, 0.1) is 23.3 Å². The highest BCUT2D eigenvalue weighted by molar-refractivity contribution is 7.92. The van der Waals surface area contributed by atoms with Crippen LogP contribution < -0.4 is 16.4 Å². The highest BCUT2D eigenvalue weighted by atomic mass is 32.2. The van der Waals surface area contributed by atoms with Crippen molar-refractivity contribution in [1.29, 1.82) is 0 Å². The highest BCUT2D eigenvalue weighted by Crippen LogP contribution is 2.40. The van der Waals surface area contributed by atoms with E-state index in [1.54, 1.807) is 61.3 Å². The molecule has 278 valence electrons. The van der Waals surface area contributed by atoms with Gasteiger partial charge >= 0.3 is 18.2 Å². The molecule has 0 unspecified atom stereocenters. The van der Waals surface area contributed by atoms with Gasteiger partial charge in [0.2, 0.25) is 5.91 Å². The van der Waals surface area contributed by atoms with Crippen molar-refractivity contribution in [1.82, 2.24) is 9.88 Å². The van der Waals surface area contributed by atoms with Crippen LogP contribution in [-0.4, -0.2) is 66.5 Å². The van der Waals surface area contributed by atoms with Gasteiger partial charge in [-0.05, 0) is 93.1 Å². The molecule has 5 N–H and O–H groups in total. The van der Waals surface area contributed by atoms with E-state index in [4.69, 9.17) is 20.4 Å². The van der Waals surface area contributed by atoms with Crippen molar-refractivity contribution >= 4 is 55.8 Å². The number of nitrogens with two attached hydrogens (primary N) is 1. The Bertz CT molecular complexity index is 2090. The quantitative estimate of drug-likeness (QED) is 0.140. The zero-order valence-corrected chi connectivity index (χ0v) is 29.3. The number of fused-ring (bicyclic) bond motifs is 1. The summed E-state index contributed by atoms with van der Waals surface area (Å²) in [6.45, 7) is 5.32. The fourth-order valence-corrected chi connectivity index (χ4v) is 6.99. The normalized spacial score (nSPS) is 15.1. The third kappa shape index (κ3) is 8.88. The predicted octanol–water partition coefficient (Wildman–Crippen LogP) is 6.78. The molecule has 52 heavy (non-hydrogen) atoms.